The summed E-state index contributed by atoms with van der Waals surface area (Å²) in [5, 5.41) is 19.1. The molecule has 3 aromatic rings. The van der Waals surface area contributed by atoms with Gasteiger partial charge in [-0.1, -0.05) is 18.2 Å². The number of alkyl halides is 3. The number of hydrogen-bond acceptors (Lipinski definition) is 6. The van der Waals surface area contributed by atoms with E-state index in [0.29, 0.717) is 17.2 Å². The highest BCUT2D eigenvalue weighted by Gasteiger charge is 2.36. The van der Waals surface area contributed by atoms with Crippen LogP contribution in [0.4, 0.5) is 13.2 Å². The molecule has 32 heavy (non-hydrogen) atoms. The van der Waals surface area contributed by atoms with E-state index in [1.165, 1.54) is 30.6 Å². The predicted molar refractivity (Wildman–Crippen MR) is 107 cm³/mol. The van der Waals surface area contributed by atoms with Crippen molar-refractivity contribution in [2.75, 3.05) is 6.26 Å². The van der Waals surface area contributed by atoms with Crippen LogP contribution in [0.2, 0.25) is 0 Å². The highest BCUT2D eigenvalue weighted by Crippen LogP contribution is 2.39. The number of benzene rings is 2. The maximum Gasteiger partial charge on any atom is 0.419 e. The molecule has 0 aliphatic heterocycles. The summed E-state index contributed by atoms with van der Waals surface area (Å²) >= 11 is 0. The summed E-state index contributed by atoms with van der Waals surface area (Å²) in [5.41, 5.74) is -1.31. The quantitative estimate of drug-likeness (QED) is 0.560. The second kappa shape index (κ2) is 8.50. The van der Waals surface area contributed by atoms with Crippen LogP contribution in [0.1, 0.15) is 21.5 Å². The summed E-state index contributed by atoms with van der Waals surface area (Å²) < 4.78 is 67.6. The maximum atomic E-state index is 12.9. The smallest absolute Gasteiger partial charge is 0.419 e. The van der Waals surface area contributed by atoms with Crippen LogP contribution in [0.25, 0.3) is 11.1 Å². The molecule has 0 fully saturated rings. The first-order valence-corrected chi connectivity index (χ1v) is 10.8. The summed E-state index contributed by atoms with van der Waals surface area (Å²) in [6, 6.07) is 9.25. The van der Waals surface area contributed by atoms with Gasteiger partial charge in [-0.2, -0.15) is 13.2 Å². The van der Waals surface area contributed by atoms with Crippen LogP contribution in [0.3, 0.4) is 0 Å². The highest BCUT2D eigenvalue weighted by atomic mass is 32.2. The van der Waals surface area contributed by atoms with Crippen LogP contribution < -0.4 is 4.74 Å². The fourth-order valence-electron chi connectivity index (χ4n) is 2.90. The largest absolute Gasteiger partial charge is 0.506 e. The summed E-state index contributed by atoms with van der Waals surface area (Å²) in [6.07, 6.45) is -1.13. The second-order valence-electron chi connectivity index (χ2n) is 6.79. The van der Waals surface area contributed by atoms with E-state index in [2.05, 4.69) is 4.98 Å². The van der Waals surface area contributed by atoms with Gasteiger partial charge in [-0.25, -0.2) is 13.2 Å². The molecule has 1 aromatic heterocycles. The first-order chi connectivity index (χ1) is 14.9. The lowest BCUT2D eigenvalue weighted by molar-refractivity contribution is -0.138. The van der Waals surface area contributed by atoms with Gasteiger partial charge in [0.2, 0.25) is 0 Å². The minimum atomic E-state index is -4.91. The van der Waals surface area contributed by atoms with Crippen LogP contribution in [-0.4, -0.2) is 35.8 Å². The van der Waals surface area contributed by atoms with Crippen LogP contribution in [0.5, 0.6) is 11.5 Å². The number of nitrogens with zero attached hydrogens (tertiary/aromatic N) is 1. The number of carbonyl (C=O) groups is 1. The fourth-order valence-corrected chi connectivity index (χ4v) is 3.50. The minimum absolute atomic E-state index is 0.0543. The molecule has 0 unspecified atom stereocenters. The molecule has 0 aliphatic carbocycles. The molecule has 0 radical (unpaired) electrons. The van der Waals surface area contributed by atoms with Crippen LogP contribution in [0.15, 0.2) is 59.8 Å². The number of carboxylic acids is 1. The molecular weight excluding hydrogens is 451 g/mol. The molecule has 0 saturated heterocycles. The topological polar surface area (TPSA) is 114 Å². The van der Waals surface area contributed by atoms with Crippen molar-refractivity contribution in [1.82, 2.24) is 4.98 Å². The molecule has 0 atom stereocenters. The normalized spacial score (nSPS) is 11.9. The number of hydrogen-bond donors (Lipinski definition) is 2. The SMILES string of the molecule is CS(=O)(=O)c1cncc(-c2ccc(OCc3ccc(C(F)(F)F)c(O)c3C(=O)O)cc2)c1. The van der Waals surface area contributed by atoms with Crippen molar-refractivity contribution in [2.24, 2.45) is 0 Å². The van der Waals surface area contributed by atoms with Gasteiger partial charge in [-0.3, -0.25) is 4.98 Å². The summed E-state index contributed by atoms with van der Waals surface area (Å²) in [7, 11) is -3.43. The lowest BCUT2D eigenvalue weighted by Gasteiger charge is -2.15. The number of aromatic carboxylic acids is 1. The Labute approximate surface area is 180 Å². The van der Waals surface area contributed by atoms with Gasteiger partial charge in [0.05, 0.1) is 10.5 Å². The Balaban J connectivity index is 1.82. The number of carboxylic acid groups (broad SMARTS) is 1. The maximum absolute atomic E-state index is 12.9. The Kier molecular flexibility index (Phi) is 6.13. The van der Waals surface area contributed by atoms with E-state index in [-0.39, 0.29) is 16.2 Å². The number of phenols is 1. The van der Waals surface area contributed by atoms with Crippen molar-refractivity contribution in [3.05, 3.63) is 71.5 Å². The average molecular weight is 467 g/mol. The number of aromatic nitrogens is 1. The molecule has 7 nitrogen and oxygen atoms in total. The molecule has 0 amide bonds. The van der Waals surface area contributed by atoms with E-state index in [1.54, 1.807) is 12.1 Å². The molecule has 0 bridgehead atoms. The second-order valence-corrected chi connectivity index (χ2v) is 8.81. The average Bonchev–Trinajstić information content (AvgIpc) is 2.71. The van der Waals surface area contributed by atoms with Gasteiger partial charge in [-0.05, 0) is 29.8 Å². The molecule has 1 heterocycles. The number of pyridine rings is 1. The summed E-state index contributed by atoms with van der Waals surface area (Å²) in [5.74, 6) is -2.82. The molecule has 11 heteroatoms. The zero-order chi connectivity index (χ0) is 23.7. The lowest BCUT2D eigenvalue weighted by atomic mass is 10.0. The minimum Gasteiger partial charge on any atom is -0.506 e. The number of halogens is 3. The third-order valence-corrected chi connectivity index (χ3v) is 5.59. The van der Waals surface area contributed by atoms with Gasteiger partial charge in [0.1, 0.15) is 23.7 Å². The fraction of sp³-hybridized carbons (Fsp3) is 0.143. The molecular formula is C21H16F3NO6S. The molecule has 2 aromatic carbocycles. The van der Waals surface area contributed by atoms with E-state index in [4.69, 9.17) is 4.74 Å². The van der Waals surface area contributed by atoms with Gasteiger partial charge < -0.3 is 14.9 Å². The Hall–Kier alpha value is -3.60. The Morgan fingerprint density at radius 3 is 2.28 bits per heavy atom. The standard InChI is InChI=1S/C21H16F3NO6S/c1-32(29,30)16-8-14(9-25-10-16)12-2-5-15(6-3-12)31-11-13-4-7-17(21(22,23)24)19(26)18(13)20(27)28/h2-10,26H,11H2,1H3,(H,27,28). The van der Waals surface area contributed by atoms with Gasteiger partial charge in [0.15, 0.2) is 9.84 Å². The number of aromatic hydroxyl groups is 1. The van der Waals surface area contributed by atoms with Gasteiger partial charge >= 0.3 is 12.1 Å². The van der Waals surface area contributed by atoms with E-state index >= 15 is 0 Å². The van der Waals surface area contributed by atoms with Crippen molar-refractivity contribution in [3.63, 3.8) is 0 Å². The number of rotatable bonds is 6. The third-order valence-electron chi connectivity index (χ3n) is 4.51. The molecule has 0 aliphatic rings. The molecule has 2 N–H and O–H groups in total. The van der Waals surface area contributed by atoms with Gasteiger partial charge in [0, 0.05) is 29.8 Å². The van der Waals surface area contributed by atoms with Crippen LogP contribution in [-0.2, 0) is 22.6 Å². The highest BCUT2D eigenvalue weighted by molar-refractivity contribution is 7.90. The Morgan fingerprint density at radius 1 is 1.06 bits per heavy atom. The summed E-state index contributed by atoms with van der Waals surface area (Å²) in [4.78, 5) is 15.4. The molecule has 3 rings (SSSR count). The zero-order valence-corrected chi connectivity index (χ0v) is 17.2. The van der Waals surface area contributed by atoms with E-state index in [1.807, 2.05) is 0 Å². The zero-order valence-electron chi connectivity index (χ0n) is 16.4. The first-order valence-electron chi connectivity index (χ1n) is 8.91. The third kappa shape index (κ3) is 4.99. The van der Waals surface area contributed by atoms with E-state index < -0.39 is 45.5 Å². The van der Waals surface area contributed by atoms with Crippen molar-refractivity contribution >= 4 is 15.8 Å². The molecule has 168 valence electrons. The predicted octanol–water partition coefficient (Wildman–Crippen LogP) is 4.15. The van der Waals surface area contributed by atoms with Crippen LogP contribution in [0, 0.1) is 0 Å². The number of sulfone groups is 1. The van der Waals surface area contributed by atoms with Crippen molar-refractivity contribution < 1.29 is 41.3 Å². The monoisotopic (exact) mass is 467 g/mol. The van der Waals surface area contributed by atoms with E-state index in [0.717, 1.165) is 12.3 Å². The van der Waals surface area contributed by atoms with Crippen molar-refractivity contribution in [1.29, 1.82) is 0 Å². The van der Waals surface area contributed by atoms with Crippen LogP contribution >= 0.6 is 0 Å². The summed E-state index contributed by atoms with van der Waals surface area (Å²) in [6.45, 7) is -0.405. The molecule has 0 saturated carbocycles. The lowest BCUT2D eigenvalue weighted by Crippen LogP contribution is -2.12. The first kappa shape index (κ1) is 23.1. The van der Waals surface area contributed by atoms with E-state index in [9.17, 15) is 36.6 Å². The van der Waals surface area contributed by atoms with Gasteiger partial charge in [-0.15, -0.1) is 0 Å². The Bertz CT molecular complexity index is 1270. The number of ether oxygens (including phenoxy) is 1. The van der Waals surface area contributed by atoms with Crippen molar-refractivity contribution in [3.8, 4) is 22.6 Å². The Morgan fingerprint density at radius 2 is 1.72 bits per heavy atom. The molecule has 0 spiro atoms. The van der Waals surface area contributed by atoms with Crippen molar-refractivity contribution in [2.45, 2.75) is 17.7 Å². The van der Waals surface area contributed by atoms with Gasteiger partial charge in [0.25, 0.3) is 0 Å².